The van der Waals surface area contributed by atoms with Crippen LogP contribution in [0.4, 0.5) is 46.5 Å². The topological polar surface area (TPSA) is 24.9 Å². The minimum absolute atomic E-state index is 0.0488. The van der Waals surface area contributed by atoms with E-state index in [1.807, 2.05) is 0 Å². The van der Waals surface area contributed by atoms with E-state index in [4.69, 9.17) is 9.47 Å². The molecule has 4 aliphatic rings. The van der Waals surface area contributed by atoms with Crippen LogP contribution in [0.1, 0.15) is 12.8 Å². The van der Waals surface area contributed by atoms with Gasteiger partial charge in [0.2, 0.25) is 0 Å². The molecule has 0 radical (unpaired) electrons. The molecular formula is C30H26F8N2O2Ti. The van der Waals surface area contributed by atoms with E-state index in [1.165, 1.54) is 36.5 Å². The third-order valence-electron chi connectivity index (χ3n) is 8.39. The summed E-state index contributed by atoms with van der Waals surface area (Å²) in [5, 5.41) is 0. The number of morpholine rings is 2. The predicted molar refractivity (Wildman–Crippen MR) is 142 cm³/mol. The summed E-state index contributed by atoms with van der Waals surface area (Å²) < 4.78 is 137. The average Bonchev–Trinajstić information content (AvgIpc) is 3.76. The maximum atomic E-state index is 16.4. The molecule has 0 unspecified atom stereocenters. The van der Waals surface area contributed by atoms with Crippen molar-refractivity contribution in [2.24, 2.45) is 0 Å². The molecule has 2 saturated heterocycles. The number of ether oxygens (including phenoxy) is 2. The van der Waals surface area contributed by atoms with Gasteiger partial charge in [0.15, 0.2) is 0 Å². The third-order valence-corrected chi connectivity index (χ3v) is 16.3. The number of nitrogens with zero attached hydrogens (tertiary/aromatic N) is 2. The van der Waals surface area contributed by atoms with Gasteiger partial charge in [-0.3, -0.25) is 0 Å². The van der Waals surface area contributed by atoms with Crippen molar-refractivity contribution in [2.45, 2.75) is 12.8 Å². The van der Waals surface area contributed by atoms with Crippen LogP contribution >= 0.6 is 0 Å². The summed E-state index contributed by atoms with van der Waals surface area (Å²) in [6.45, 7) is -0.0609. The number of halogens is 8. The van der Waals surface area contributed by atoms with Gasteiger partial charge in [0, 0.05) is 0 Å². The molecule has 4 nitrogen and oxygen atoms in total. The van der Waals surface area contributed by atoms with Gasteiger partial charge in [0.25, 0.3) is 0 Å². The van der Waals surface area contributed by atoms with Crippen molar-refractivity contribution in [1.82, 2.24) is 0 Å². The van der Waals surface area contributed by atoms with E-state index in [2.05, 4.69) is 0 Å². The summed E-state index contributed by atoms with van der Waals surface area (Å²) in [5.74, 6) is -14.4. The van der Waals surface area contributed by atoms with E-state index in [1.54, 1.807) is 0 Å². The molecule has 2 heterocycles. The van der Waals surface area contributed by atoms with E-state index in [0.717, 1.165) is 9.80 Å². The molecule has 0 atom stereocenters. The standard InChI is InChI=1S/2C10H8F4NO.2C5H5.Ti/c2*11-6-5-7(12)9(14)10(8(6)13)15-1-3-16-4-2-15;2*1-2-4-5-3-1;/h2*1-4H2;2*1-3H,4H2;. The average molecular weight is 646 g/mol. The van der Waals surface area contributed by atoms with Crippen molar-refractivity contribution in [3.8, 4) is 0 Å². The molecule has 228 valence electrons. The van der Waals surface area contributed by atoms with Crippen LogP contribution < -0.4 is 17.5 Å². The first-order valence-corrected chi connectivity index (χ1v) is 16.9. The van der Waals surface area contributed by atoms with E-state index in [0.29, 0.717) is 0 Å². The van der Waals surface area contributed by atoms with E-state index in [-0.39, 0.29) is 73.2 Å². The van der Waals surface area contributed by atoms with E-state index >= 15 is 35.1 Å². The fourth-order valence-corrected chi connectivity index (χ4v) is 14.6. The molecule has 0 spiro atoms. The molecular weight excluding hydrogens is 620 g/mol. The summed E-state index contributed by atoms with van der Waals surface area (Å²) >= 11 is -5.88. The second-order valence-electron chi connectivity index (χ2n) is 10.6. The molecule has 2 aromatic carbocycles. The normalized spacial score (nSPS) is 19.0. The van der Waals surface area contributed by atoms with Crippen molar-refractivity contribution in [3.63, 3.8) is 0 Å². The number of rotatable bonds is 6. The molecule has 6 rings (SSSR count). The zero-order valence-electron chi connectivity index (χ0n) is 22.8. The molecule has 43 heavy (non-hydrogen) atoms. The van der Waals surface area contributed by atoms with Crippen molar-refractivity contribution < 1.29 is 61.2 Å². The molecule has 0 bridgehead atoms. The Balaban J connectivity index is 1.70. The van der Waals surface area contributed by atoms with Crippen molar-refractivity contribution >= 4 is 19.1 Å². The zero-order chi connectivity index (χ0) is 30.5. The Labute approximate surface area is 245 Å². The molecule has 0 saturated carbocycles. The van der Waals surface area contributed by atoms with Crippen LogP contribution in [0.15, 0.2) is 44.2 Å². The van der Waals surface area contributed by atoms with Gasteiger partial charge < -0.3 is 0 Å². The predicted octanol–water partition coefficient (Wildman–Crippen LogP) is 5.26. The monoisotopic (exact) mass is 646 g/mol. The van der Waals surface area contributed by atoms with Crippen LogP contribution in [-0.2, 0) is 26.1 Å². The summed E-state index contributed by atoms with van der Waals surface area (Å²) in [6.07, 6.45) is 8.51. The Morgan fingerprint density at radius 1 is 0.488 bits per heavy atom. The number of hydrogen-bond donors (Lipinski definition) is 0. The molecule has 2 fully saturated rings. The van der Waals surface area contributed by atoms with Crippen molar-refractivity contribution in [3.05, 3.63) is 90.7 Å². The van der Waals surface area contributed by atoms with Crippen LogP contribution in [0, 0.1) is 46.5 Å². The van der Waals surface area contributed by atoms with Gasteiger partial charge in [-0.05, 0) is 0 Å². The van der Waals surface area contributed by atoms with Crippen LogP contribution in [0.5, 0.6) is 0 Å². The van der Waals surface area contributed by atoms with E-state index in [9.17, 15) is 0 Å². The Morgan fingerprint density at radius 3 is 1.09 bits per heavy atom. The minimum atomic E-state index is -5.88. The molecule has 2 aliphatic carbocycles. The first-order chi connectivity index (χ1) is 20.7. The maximum absolute atomic E-state index is 16.4. The Kier molecular flexibility index (Phi) is 8.31. The second kappa shape index (κ2) is 11.9. The molecule has 13 heteroatoms. The molecule has 2 aromatic rings. The van der Waals surface area contributed by atoms with E-state index < -0.39 is 82.2 Å². The third kappa shape index (κ3) is 4.68. The Hall–Kier alpha value is -2.93. The second-order valence-corrected chi connectivity index (χ2v) is 16.5. The summed E-state index contributed by atoms with van der Waals surface area (Å²) in [7, 11) is 0. The zero-order valence-corrected chi connectivity index (χ0v) is 24.3. The molecule has 2 aliphatic heterocycles. The summed E-state index contributed by atoms with van der Waals surface area (Å²) in [6, 6.07) is 0. The van der Waals surface area contributed by atoms with Crippen LogP contribution in [0.2, 0.25) is 0 Å². The number of allylic oxidation sites excluding steroid dienone is 8. The first kappa shape index (κ1) is 30.1. The quantitative estimate of drug-likeness (QED) is 0.243. The van der Waals surface area contributed by atoms with Gasteiger partial charge in [-0.15, -0.1) is 0 Å². The van der Waals surface area contributed by atoms with Crippen molar-refractivity contribution in [2.75, 3.05) is 62.4 Å². The fraction of sp³-hybridized carbons (Fsp3) is 0.333. The number of benzene rings is 2. The molecule has 0 amide bonds. The first-order valence-electron chi connectivity index (χ1n) is 13.8. The SMILES string of the molecule is Fc1c(F)[c]([Ti]([C]2=CC=CC2)([C]2=CC=CC2)[c]2c(F)c(F)c(N3CCOCC3)c(F)c2F)c(F)c(F)c1N1CCOCC1. The Morgan fingerprint density at radius 2 is 0.814 bits per heavy atom. The van der Waals surface area contributed by atoms with Gasteiger partial charge >= 0.3 is 246 Å². The van der Waals surface area contributed by atoms with Gasteiger partial charge in [-0.2, -0.15) is 0 Å². The molecule has 0 N–H and O–H groups in total. The van der Waals surface area contributed by atoms with Crippen molar-refractivity contribution in [1.29, 1.82) is 0 Å². The van der Waals surface area contributed by atoms with Crippen LogP contribution in [0.3, 0.4) is 0 Å². The summed E-state index contributed by atoms with van der Waals surface area (Å²) in [4.78, 5) is 2.17. The van der Waals surface area contributed by atoms with Gasteiger partial charge in [0.05, 0.1) is 0 Å². The van der Waals surface area contributed by atoms with Gasteiger partial charge in [-0.25, -0.2) is 0 Å². The Bertz CT molecular complexity index is 1420. The van der Waals surface area contributed by atoms with Gasteiger partial charge in [0.1, 0.15) is 0 Å². The van der Waals surface area contributed by atoms with Crippen LogP contribution in [0.25, 0.3) is 0 Å². The van der Waals surface area contributed by atoms with Gasteiger partial charge in [-0.1, -0.05) is 0 Å². The number of anilines is 2. The summed E-state index contributed by atoms with van der Waals surface area (Å²) in [5.41, 5.74) is -1.95. The number of hydrogen-bond acceptors (Lipinski definition) is 4. The fourth-order valence-electron chi connectivity index (χ4n) is 6.45. The molecule has 0 aromatic heterocycles. The van der Waals surface area contributed by atoms with Crippen LogP contribution in [-0.4, -0.2) is 52.6 Å².